The van der Waals surface area contributed by atoms with Crippen LogP contribution in [0, 0.1) is 0 Å². The minimum absolute atomic E-state index is 0.302. The van der Waals surface area contributed by atoms with Crippen molar-refractivity contribution in [3.05, 3.63) is 59.7 Å². The standard InChI is InChI=1S/C19H22N2O3/c1-13(2)15-10-8-14(9-11-15)12-20-18(22)19(23)21-16-6-4-5-7-17(16)24-3/h4-11,13H,12H2,1-3H3,(H,20,22)(H,21,23). The quantitative estimate of drug-likeness (QED) is 0.830. The normalized spacial score (nSPS) is 10.3. The highest BCUT2D eigenvalue weighted by atomic mass is 16.5. The van der Waals surface area contributed by atoms with Crippen molar-refractivity contribution in [1.82, 2.24) is 5.32 Å². The van der Waals surface area contributed by atoms with Crippen molar-refractivity contribution in [2.24, 2.45) is 0 Å². The average molecular weight is 326 g/mol. The summed E-state index contributed by atoms with van der Waals surface area (Å²) in [5.74, 6) is -0.449. The van der Waals surface area contributed by atoms with Crippen molar-refractivity contribution in [2.45, 2.75) is 26.3 Å². The van der Waals surface area contributed by atoms with E-state index in [9.17, 15) is 9.59 Å². The number of carbonyl (C=O) groups is 2. The minimum atomic E-state index is -0.724. The van der Waals surface area contributed by atoms with Crippen molar-refractivity contribution < 1.29 is 14.3 Å². The molecule has 5 heteroatoms. The third-order valence-electron chi connectivity index (χ3n) is 3.66. The van der Waals surface area contributed by atoms with Gasteiger partial charge in [0.25, 0.3) is 0 Å². The summed E-state index contributed by atoms with van der Waals surface area (Å²) in [7, 11) is 1.51. The first-order chi connectivity index (χ1) is 11.5. The Morgan fingerprint density at radius 3 is 2.29 bits per heavy atom. The van der Waals surface area contributed by atoms with Gasteiger partial charge in [0.1, 0.15) is 5.75 Å². The van der Waals surface area contributed by atoms with Crippen LogP contribution in [0.2, 0.25) is 0 Å². The topological polar surface area (TPSA) is 67.4 Å². The summed E-state index contributed by atoms with van der Waals surface area (Å²) in [5.41, 5.74) is 2.64. The van der Waals surface area contributed by atoms with Crippen LogP contribution >= 0.6 is 0 Å². The van der Waals surface area contributed by atoms with Gasteiger partial charge in [0.15, 0.2) is 0 Å². The lowest BCUT2D eigenvalue weighted by Gasteiger charge is -2.10. The van der Waals surface area contributed by atoms with E-state index in [-0.39, 0.29) is 0 Å². The summed E-state index contributed by atoms with van der Waals surface area (Å²) in [4.78, 5) is 23.9. The lowest BCUT2D eigenvalue weighted by molar-refractivity contribution is -0.136. The highest BCUT2D eigenvalue weighted by molar-refractivity contribution is 6.39. The lowest BCUT2D eigenvalue weighted by Crippen LogP contribution is -2.35. The largest absolute Gasteiger partial charge is 0.495 e. The molecule has 5 nitrogen and oxygen atoms in total. The molecule has 0 saturated heterocycles. The van der Waals surface area contributed by atoms with Crippen LogP contribution < -0.4 is 15.4 Å². The number of hydrogen-bond donors (Lipinski definition) is 2. The number of amides is 2. The van der Waals surface area contributed by atoms with E-state index in [4.69, 9.17) is 4.74 Å². The van der Waals surface area contributed by atoms with Gasteiger partial charge in [0.05, 0.1) is 12.8 Å². The smallest absolute Gasteiger partial charge is 0.313 e. The van der Waals surface area contributed by atoms with Gasteiger partial charge in [-0.05, 0) is 29.2 Å². The molecule has 2 rings (SSSR count). The Morgan fingerprint density at radius 1 is 1.00 bits per heavy atom. The van der Waals surface area contributed by atoms with Crippen LogP contribution in [0.4, 0.5) is 5.69 Å². The van der Waals surface area contributed by atoms with Gasteiger partial charge >= 0.3 is 11.8 Å². The van der Waals surface area contributed by atoms with Crippen molar-refractivity contribution >= 4 is 17.5 Å². The van der Waals surface area contributed by atoms with Crippen molar-refractivity contribution in [3.63, 3.8) is 0 Å². The fourth-order valence-electron chi connectivity index (χ4n) is 2.21. The maximum atomic E-state index is 12.0. The predicted molar refractivity (Wildman–Crippen MR) is 94.0 cm³/mol. The molecule has 0 spiro atoms. The molecule has 0 saturated carbocycles. The second-order valence-corrected chi connectivity index (χ2v) is 5.73. The van der Waals surface area contributed by atoms with Gasteiger partial charge < -0.3 is 15.4 Å². The molecule has 2 amide bonds. The Labute approximate surface area is 142 Å². The predicted octanol–water partition coefficient (Wildman–Crippen LogP) is 3.07. The Morgan fingerprint density at radius 2 is 1.67 bits per heavy atom. The van der Waals surface area contributed by atoms with Crippen LogP contribution in [0.5, 0.6) is 5.75 Å². The van der Waals surface area contributed by atoms with Crippen LogP contribution in [0.1, 0.15) is 30.9 Å². The van der Waals surface area contributed by atoms with Crippen molar-refractivity contribution in [1.29, 1.82) is 0 Å². The van der Waals surface area contributed by atoms with Gasteiger partial charge in [-0.3, -0.25) is 9.59 Å². The highest BCUT2D eigenvalue weighted by Gasteiger charge is 2.15. The third kappa shape index (κ3) is 4.59. The van der Waals surface area contributed by atoms with E-state index < -0.39 is 11.8 Å². The third-order valence-corrected chi connectivity index (χ3v) is 3.66. The van der Waals surface area contributed by atoms with Crippen LogP contribution in [0.3, 0.4) is 0 Å². The zero-order valence-corrected chi connectivity index (χ0v) is 14.1. The number of carbonyl (C=O) groups excluding carboxylic acids is 2. The summed E-state index contributed by atoms with van der Waals surface area (Å²) in [5, 5.41) is 5.16. The highest BCUT2D eigenvalue weighted by Crippen LogP contribution is 2.22. The molecule has 0 atom stereocenters. The lowest BCUT2D eigenvalue weighted by atomic mass is 10.0. The van der Waals surface area contributed by atoms with Gasteiger partial charge in [-0.15, -0.1) is 0 Å². The van der Waals surface area contributed by atoms with E-state index in [0.29, 0.717) is 23.9 Å². The van der Waals surface area contributed by atoms with Crippen LogP contribution in [0.15, 0.2) is 48.5 Å². The number of benzene rings is 2. The maximum Gasteiger partial charge on any atom is 0.313 e. The van der Waals surface area contributed by atoms with Gasteiger partial charge in [-0.2, -0.15) is 0 Å². The second kappa shape index (κ2) is 8.15. The van der Waals surface area contributed by atoms with Crippen molar-refractivity contribution in [2.75, 3.05) is 12.4 Å². The van der Waals surface area contributed by atoms with Gasteiger partial charge in [-0.1, -0.05) is 50.2 Å². The molecule has 24 heavy (non-hydrogen) atoms. The summed E-state index contributed by atoms with van der Waals surface area (Å²) in [6.45, 7) is 4.55. The summed E-state index contributed by atoms with van der Waals surface area (Å²) >= 11 is 0. The van der Waals surface area contributed by atoms with Crippen LogP contribution in [-0.4, -0.2) is 18.9 Å². The molecule has 0 radical (unpaired) electrons. The molecule has 0 heterocycles. The van der Waals surface area contributed by atoms with Gasteiger partial charge in [0, 0.05) is 6.54 Å². The molecule has 0 bridgehead atoms. The first-order valence-electron chi connectivity index (χ1n) is 7.82. The summed E-state index contributed by atoms with van der Waals surface area (Å²) < 4.78 is 5.14. The second-order valence-electron chi connectivity index (χ2n) is 5.73. The fraction of sp³-hybridized carbons (Fsp3) is 0.263. The molecule has 2 aromatic carbocycles. The number of methoxy groups -OCH3 is 1. The van der Waals surface area contributed by atoms with Crippen molar-refractivity contribution in [3.8, 4) is 5.75 Å². The molecule has 126 valence electrons. The van der Waals surface area contributed by atoms with Gasteiger partial charge in [-0.25, -0.2) is 0 Å². The number of ether oxygens (including phenoxy) is 1. The Balaban J connectivity index is 1.91. The van der Waals surface area contributed by atoms with E-state index in [1.54, 1.807) is 24.3 Å². The van der Waals surface area contributed by atoms with E-state index >= 15 is 0 Å². The molecule has 0 unspecified atom stereocenters. The molecule has 0 fully saturated rings. The van der Waals surface area contributed by atoms with E-state index in [1.165, 1.54) is 12.7 Å². The van der Waals surface area contributed by atoms with Crippen LogP contribution in [-0.2, 0) is 16.1 Å². The Kier molecular flexibility index (Phi) is 5.95. The SMILES string of the molecule is COc1ccccc1NC(=O)C(=O)NCc1ccc(C(C)C)cc1. The number of anilines is 1. The number of rotatable bonds is 5. The molecular formula is C19H22N2O3. The zero-order valence-electron chi connectivity index (χ0n) is 14.1. The zero-order chi connectivity index (χ0) is 17.5. The monoisotopic (exact) mass is 326 g/mol. The fourth-order valence-corrected chi connectivity index (χ4v) is 2.21. The van der Waals surface area contributed by atoms with Crippen LogP contribution in [0.25, 0.3) is 0 Å². The first-order valence-corrected chi connectivity index (χ1v) is 7.82. The Bertz CT molecular complexity index is 709. The average Bonchev–Trinajstić information content (AvgIpc) is 2.60. The summed E-state index contributed by atoms with van der Waals surface area (Å²) in [6, 6.07) is 14.9. The molecule has 0 aliphatic carbocycles. The van der Waals surface area contributed by atoms with E-state index in [2.05, 4.69) is 24.5 Å². The molecule has 0 aliphatic rings. The number of para-hydroxylation sites is 2. The number of hydrogen-bond acceptors (Lipinski definition) is 3. The Hall–Kier alpha value is -2.82. The van der Waals surface area contributed by atoms with E-state index in [1.807, 2.05) is 24.3 Å². The first kappa shape index (κ1) is 17.5. The minimum Gasteiger partial charge on any atom is -0.495 e. The molecular weight excluding hydrogens is 304 g/mol. The van der Waals surface area contributed by atoms with Gasteiger partial charge in [0.2, 0.25) is 0 Å². The molecule has 2 N–H and O–H groups in total. The maximum absolute atomic E-state index is 12.0. The van der Waals surface area contributed by atoms with E-state index in [0.717, 1.165) is 5.56 Å². The molecule has 0 aliphatic heterocycles. The number of nitrogens with one attached hydrogen (secondary N) is 2. The molecule has 0 aromatic heterocycles. The summed E-state index contributed by atoms with van der Waals surface area (Å²) in [6.07, 6.45) is 0. The molecule has 2 aromatic rings.